The van der Waals surface area contributed by atoms with Gasteiger partial charge in [-0.2, -0.15) is 0 Å². The standard InChI is InChI=1S/C19H16N4O6/c24-14-5-4-13(16(25)21-14)23-17(26)12-3-1-2-11(15(12)18(23)27)6-9-29-19(28)22-8-7-20-10-22/h1-3,7-8,10,13H,4-6,9H2,(H,21,24,25). The number of ether oxygens (including phenoxy) is 1. The third-order valence-electron chi connectivity index (χ3n) is 4.87. The Labute approximate surface area is 164 Å². The summed E-state index contributed by atoms with van der Waals surface area (Å²) in [4.78, 5) is 65.8. The lowest BCUT2D eigenvalue weighted by Gasteiger charge is -2.27. The third-order valence-corrected chi connectivity index (χ3v) is 4.87. The normalized spacial score (nSPS) is 18.6. The fourth-order valence-electron chi connectivity index (χ4n) is 3.48. The summed E-state index contributed by atoms with van der Waals surface area (Å²) in [5.41, 5.74) is 0.924. The highest BCUT2D eigenvalue weighted by Gasteiger charge is 2.45. The molecule has 0 aliphatic carbocycles. The second-order valence-corrected chi connectivity index (χ2v) is 6.62. The maximum absolute atomic E-state index is 13.0. The number of carbonyl (C=O) groups is 5. The van der Waals surface area contributed by atoms with Gasteiger partial charge in [0.25, 0.3) is 11.8 Å². The molecule has 1 aromatic carbocycles. The topological polar surface area (TPSA) is 128 Å². The number of piperidine rings is 1. The van der Waals surface area contributed by atoms with E-state index < -0.39 is 35.8 Å². The number of carbonyl (C=O) groups excluding carboxylic acids is 5. The van der Waals surface area contributed by atoms with Crippen LogP contribution in [0.25, 0.3) is 0 Å². The highest BCUT2D eigenvalue weighted by molar-refractivity contribution is 6.24. The van der Waals surface area contributed by atoms with Gasteiger partial charge in [-0.1, -0.05) is 12.1 Å². The molecule has 2 aliphatic heterocycles. The van der Waals surface area contributed by atoms with Crippen molar-refractivity contribution in [2.45, 2.75) is 25.3 Å². The number of hydrogen-bond acceptors (Lipinski definition) is 7. The Hall–Kier alpha value is -3.82. The zero-order chi connectivity index (χ0) is 20.5. The molecule has 0 spiro atoms. The fourth-order valence-corrected chi connectivity index (χ4v) is 3.48. The van der Waals surface area contributed by atoms with Gasteiger partial charge in [0, 0.05) is 25.2 Å². The summed E-state index contributed by atoms with van der Waals surface area (Å²) >= 11 is 0. The maximum atomic E-state index is 13.0. The van der Waals surface area contributed by atoms with Crippen LogP contribution in [0.1, 0.15) is 39.1 Å². The fraction of sp³-hybridized carbons (Fsp3) is 0.263. The quantitative estimate of drug-likeness (QED) is 0.746. The smallest absolute Gasteiger partial charge is 0.419 e. The second-order valence-electron chi connectivity index (χ2n) is 6.62. The van der Waals surface area contributed by atoms with Crippen LogP contribution in [0.3, 0.4) is 0 Å². The molecule has 4 rings (SSSR count). The highest BCUT2D eigenvalue weighted by atomic mass is 16.5. The van der Waals surface area contributed by atoms with E-state index in [1.165, 1.54) is 29.4 Å². The Bertz CT molecular complexity index is 1030. The van der Waals surface area contributed by atoms with Crippen LogP contribution in [-0.4, -0.2) is 56.8 Å². The van der Waals surface area contributed by atoms with Gasteiger partial charge in [0.15, 0.2) is 0 Å². The molecule has 0 bridgehead atoms. The Morgan fingerprint density at radius 3 is 2.76 bits per heavy atom. The van der Waals surface area contributed by atoms with E-state index in [0.717, 1.165) is 4.90 Å². The van der Waals surface area contributed by atoms with Gasteiger partial charge in [-0.15, -0.1) is 0 Å². The number of benzene rings is 1. The van der Waals surface area contributed by atoms with Crippen LogP contribution in [0.15, 0.2) is 36.9 Å². The van der Waals surface area contributed by atoms with Crippen LogP contribution >= 0.6 is 0 Å². The van der Waals surface area contributed by atoms with Gasteiger partial charge in [-0.05, 0) is 18.1 Å². The largest absolute Gasteiger partial charge is 0.449 e. The first kappa shape index (κ1) is 18.5. The molecule has 3 heterocycles. The lowest BCUT2D eigenvalue weighted by atomic mass is 10.0. The summed E-state index contributed by atoms with van der Waals surface area (Å²) in [7, 11) is 0. The van der Waals surface area contributed by atoms with Crippen molar-refractivity contribution in [1.82, 2.24) is 19.8 Å². The van der Waals surface area contributed by atoms with Crippen molar-refractivity contribution in [3.63, 3.8) is 0 Å². The number of imide groups is 2. The monoisotopic (exact) mass is 396 g/mol. The molecule has 10 heteroatoms. The Kier molecular flexibility index (Phi) is 4.67. The minimum absolute atomic E-state index is 0.00659. The zero-order valence-corrected chi connectivity index (χ0v) is 15.2. The highest BCUT2D eigenvalue weighted by Crippen LogP contribution is 2.30. The van der Waals surface area contributed by atoms with Gasteiger partial charge in [-0.3, -0.25) is 29.4 Å². The van der Waals surface area contributed by atoms with Crippen molar-refractivity contribution in [3.8, 4) is 0 Å². The van der Waals surface area contributed by atoms with E-state index in [4.69, 9.17) is 4.74 Å². The van der Waals surface area contributed by atoms with Crippen LogP contribution < -0.4 is 5.32 Å². The van der Waals surface area contributed by atoms with Crippen LogP contribution in [0.5, 0.6) is 0 Å². The molecule has 0 radical (unpaired) electrons. The van der Waals surface area contributed by atoms with Gasteiger partial charge in [0.2, 0.25) is 11.8 Å². The predicted molar refractivity (Wildman–Crippen MR) is 95.8 cm³/mol. The molecule has 1 N–H and O–H groups in total. The van der Waals surface area contributed by atoms with Gasteiger partial charge >= 0.3 is 6.09 Å². The number of nitrogens with zero attached hydrogens (tertiary/aromatic N) is 3. The molecule has 2 aliphatic rings. The molecule has 0 saturated carbocycles. The second kappa shape index (κ2) is 7.30. The van der Waals surface area contributed by atoms with E-state index in [1.54, 1.807) is 12.1 Å². The van der Waals surface area contributed by atoms with Gasteiger partial charge in [0.1, 0.15) is 12.4 Å². The first-order valence-corrected chi connectivity index (χ1v) is 8.96. The SMILES string of the molecule is O=C1CCC(N2C(=O)c3cccc(CCOC(=O)n4ccnc4)c3C2=O)C(=O)N1. The summed E-state index contributed by atoms with van der Waals surface area (Å²) in [5.74, 6) is -2.25. The molecular weight excluding hydrogens is 380 g/mol. The molecular formula is C19H16N4O6. The van der Waals surface area contributed by atoms with Crippen molar-refractivity contribution in [1.29, 1.82) is 0 Å². The summed E-state index contributed by atoms with van der Waals surface area (Å²) in [5, 5.41) is 2.16. The van der Waals surface area contributed by atoms with Crippen molar-refractivity contribution < 1.29 is 28.7 Å². The third kappa shape index (κ3) is 3.28. The Morgan fingerprint density at radius 2 is 2.03 bits per heavy atom. The van der Waals surface area contributed by atoms with Gasteiger partial charge in [-0.25, -0.2) is 14.3 Å². The number of fused-ring (bicyclic) bond motifs is 1. The van der Waals surface area contributed by atoms with E-state index in [1.807, 2.05) is 0 Å². The average molecular weight is 396 g/mol. The molecule has 10 nitrogen and oxygen atoms in total. The zero-order valence-electron chi connectivity index (χ0n) is 15.2. The molecule has 4 amide bonds. The molecule has 1 atom stereocenters. The number of amides is 4. The summed E-state index contributed by atoms with van der Waals surface area (Å²) in [6, 6.07) is 3.79. The molecule has 29 heavy (non-hydrogen) atoms. The van der Waals surface area contributed by atoms with E-state index >= 15 is 0 Å². The average Bonchev–Trinajstić information content (AvgIpc) is 3.31. The van der Waals surface area contributed by atoms with Crippen molar-refractivity contribution in [2.75, 3.05) is 6.61 Å². The summed E-state index contributed by atoms with van der Waals surface area (Å²) in [6.45, 7) is -0.00659. The maximum Gasteiger partial charge on any atom is 0.419 e. The first-order chi connectivity index (χ1) is 14.0. The van der Waals surface area contributed by atoms with E-state index in [2.05, 4.69) is 10.3 Å². The van der Waals surface area contributed by atoms with Gasteiger partial charge in [0.05, 0.1) is 17.7 Å². The number of rotatable bonds is 4. The van der Waals surface area contributed by atoms with E-state index in [-0.39, 0.29) is 37.0 Å². The lowest BCUT2D eigenvalue weighted by Crippen LogP contribution is -2.54. The number of hydrogen-bond donors (Lipinski definition) is 1. The molecule has 1 fully saturated rings. The van der Waals surface area contributed by atoms with Crippen molar-refractivity contribution >= 4 is 29.7 Å². The number of imidazole rings is 1. The van der Waals surface area contributed by atoms with Crippen LogP contribution in [0.2, 0.25) is 0 Å². The van der Waals surface area contributed by atoms with Crippen LogP contribution in [0, 0.1) is 0 Å². The molecule has 2 aromatic rings. The first-order valence-electron chi connectivity index (χ1n) is 8.96. The predicted octanol–water partition coefficient (Wildman–Crippen LogP) is 0.512. The van der Waals surface area contributed by atoms with Crippen molar-refractivity contribution in [3.05, 3.63) is 53.6 Å². The van der Waals surface area contributed by atoms with Crippen molar-refractivity contribution in [2.24, 2.45) is 0 Å². The Balaban J connectivity index is 1.51. The molecule has 148 valence electrons. The lowest BCUT2D eigenvalue weighted by molar-refractivity contribution is -0.136. The minimum atomic E-state index is -1.02. The minimum Gasteiger partial charge on any atom is -0.449 e. The molecule has 1 aromatic heterocycles. The molecule has 1 saturated heterocycles. The summed E-state index contributed by atoms with van der Waals surface area (Å²) < 4.78 is 6.33. The molecule has 1 unspecified atom stereocenters. The van der Waals surface area contributed by atoms with Crippen LogP contribution in [-0.2, 0) is 20.7 Å². The number of nitrogens with one attached hydrogen (secondary N) is 1. The van der Waals surface area contributed by atoms with Crippen LogP contribution in [0.4, 0.5) is 4.79 Å². The van der Waals surface area contributed by atoms with E-state index in [9.17, 15) is 24.0 Å². The Morgan fingerprint density at radius 1 is 1.21 bits per heavy atom. The van der Waals surface area contributed by atoms with Gasteiger partial charge < -0.3 is 4.74 Å². The van der Waals surface area contributed by atoms with E-state index in [0.29, 0.717) is 5.56 Å². The summed E-state index contributed by atoms with van der Waals surface area (Å²) in [6.07, 6.45) is 3.95. The number of aromatic nitrogens is 2.